The largest absolute Gasteiger partial charge is 0.449 e. The molecule has 2 aromatic carbocycles. The topological polar surface area (TPSA) is 344 Å². The van der Waals surface area contributed by atoms with Crippen LogP contribution in [-0.2, 0) is 62.1 Å². The molecule has 24 nitrogen and oxygen atoms in total. The van der Waals surface area contributed by atoms with Gasteiger partial charge in [-0.25, -0.2) is 9.59 Å². The lowest BCUT2D eigenvalue weighted by Gasteiger charge is -2.38. The number of hydrogen-bond acceptors (Lipinski definition) is 21. The number of benzene rings is 2. The van der Waals surface area contributed by atoms with Crippen molar-refractivity contribution in [3.8, 4) is 11.1 Å². The second kappa shape index (κ2) is 29.4. The smallest absolute Gasteiger partial charge is 0.407 e. The summed E-state index contributed by atoms with van der Waals surface area (Å²) in [4.78, 5) is 110. The summed E-state index contributed by atoms with van der Waals surface area (Å²) in [5, 5.41) is 65.7. The van der Waals surface area contributed by atoms with Crippen LogP contribution in [-0.4, -0.2) is 201 Å². The van der Waals surface area contributed by atoms with Crippen molar-refractivity contribution in [1.29, 1.82) is 0 Å². The van der Waals surface area contributed by atoms with Gasteiger partial charge in [-0.05, 0) is 61.8 Å². The Balaban J connectivity index is 0.929. The second-order valence-corrected chi connectivity index (χ2v) is 19.8. The molecule has 6 rings (SSSR count). The molecule has 1 aliphatic carbocycles. The Hall–Kier alpha value is -5.64. The number of ether oxygens (including phenoxy) is 5. The highest BCUT2D eigenvalue weighted by molar-refractivity contribution is 6.02. The molecule has 11 atom stereocenters. The van der Waals surface area contributed by atoms with Crippen LogP contribution < -0.4 is 10.6 Å². The minimum atomic E-state index is -1.55. The molecule has 0 radical (unpaired) electrons. The summed E-state index contributed by atoms with van der Waals surface area (Å²) in [6.45, 7) is 1.68. The molecular formula is C53H72N4O20. The van der Waals surface area contributed by atoms with Crippen LogP contribution in [0.5, 0.6) is 0 Å². The van der Waals surface area contributed by atoms with E-state index in [1.807, 2.05) is 48.5 Å². The number of alkyl carbamates (subject to hydrolysis) is 1. The van der Waals surface area contributed by atoms with Crippen LogP contribution in [0.3, 0.4) is 0 Å². The third-order valence-corrected chi connectivity index (χ3v) is 13.8. The van der Waals surface area contributed by atoms with Crippen LogP contribution in [0.4, 0.5) is 4.79 Å². The summed E-state index contributed by atoms with van der Waals surface area (Å²) >= 11 is 0. The standard InChI is InChI=1S/C53H72N4O20/c1-30-44(64)46(66)48(68)51(75-30)72-23-11-14-33(59)27-56(28-34(60)15-12-24-73-52-49(69)47(67)45(65)31(2)76-52)26-32(58)13-5-3-4-6-20-41(61)54-25-40(50(70)77-57-42(62)21-22-43(57)63)55-53(71)74-29-39-37-18-9-7-16-35(37)36-17-8-10-19-38(36)39/h7-10,16-19,30-31,39-40,44-49,51-52,64-69H,3-6,11-15,20-29H2,1-2H3,(H,54,61)(H,55,71)/t30-,31-,40+,44+,45+,46+,47+,48-,49-,51+,52+/m0/s1. The highest BCUT2D eigenvalue weighted by Gasteiger charge is 2.44. The van der Waals surface area contributed by atoms with E-state index in [1.165, 1.54) is 18.7 Å². The van der Waals surface area contributed by atoms with E-state index >= 15 is 0 Å². The zero-order chi connectivity index (χ0) is 55.8. The quantitative estimate of drug-likeness (QED) is 0.0383. The first-order valence-corrected chi connectivity index (χ1v) is 26.2. The van der Waals surface area contributed by atoms with Gasteiger partial charge in [0.1, 0.15) is 66.6 Å². The number of nitrogens with zero attached hydrogens (tertiary/aromatic N) is 2. The summed E-state index contributed by atoms with van der Waals surface area (Å²) in [5.41, 5.74) is 3.93. The van der Waals surface area contributed by atoms with Crippen LogP contribution >= 0.6 is 0 Å². The Labute approximate surface area is 445 Å². The molecule has 0 spiro atoms. The van der Waals surface area contributed by atoms with Crippen molar-refractivity contribution in [2.45, 2.75) is 164 Å². The fourth-order valence-corrected chi connectivity index (χ4v) is 9.45. The summed E-state index contributed by atoms with van der Waals surface area (Å²) in [5.74, 6) is -4.27. The lowest BCUT2D eigenvalue weighted by Crippen LogP contribution is -2.57. The third-order valence-electron chi connectivity index (χ3n) is 13.8. The van der Waals surface area contributed by atoms with E-state index in [1.54, 1.807) is 0 Å². The van der Waals surface area contributed by atoms with Gasteiger partial charge in [0.2, 0.25) is 5.91 Å². The highest BCUT2D eigenvalue weighted by atomic mass is 16.7. The molecule has 424 valence electrons. The number of ketones is 3. The van der Waals surface area contributed by atoms with Gasteiger partial charge < -0.3 is 69.8 Å². The summed E-state index contributed by atoms with van der Waals surface area (Å²) in [6, 6.07) is 13.9. The van der Waals surface area contributed by atoms with E-state index in [-0.39, 0.29) is 114 Å². The Morgan fingerprint density at radius 2 is 1.08 bits per heavy atom. The predicted molar refractivity (Wildman–Crippen MR) is 266 cm³/mol. The molecular weight excluding hydrogens is 1010 g/mol. The van der Waals surface area contributed by atoms with Gasteiger partial charge in [-0.3, -0.25) is 33.7 Å². The number of hydroxylamine groups is 2. The molecule has 0 saturated carbocycles. The zero-order valence-corrected chi connectivity index (χ0v) is 43.3. The van der Waals surface area contributed by atoms with E-state index < -0.39 is 104 Å². The maximum Gasteiger partial charge on any atom is 0.407 e. The first-order valence-electron chi connectivity index (χ1n) is 26.2. The number of carbonyl (C=O) groups excluding carboxylic acids is 8. The second-order valence-electron chi connectivity index (χ2n) is 19.8. The van der Waals surface area contributed by atoms with Crippen molar-refractivity contribution in [1.82, 2.24) is 20.6 Å². The molecule has 3 saturated heterocycles. The zero-order valence-electron chi connectivity index (χ0n) is 43.3. The molecule has 3 heterocycles. The van der Waals surface area contributed by atoms with E-state index in [0.29, 0.717) is 30.7 Å². The van der Waals surface area contributed by atoms with Crippen LogP contribution in [0, 0.1) is 0 Å². The minimum absolute atomic E-state index is 0.00869. The number of hydrogen-bond donors (Lipinski definition) is 8. The van der Waals surface area contributed by atoms with Crippen molar-refractivity contribution in [3.05, 3.63) is 59.7 Å². The molecule has 4 amide bonds. The number of carbonyl (C=O) groups is 8. The van der Waals surface area contributed by atoms with Crippen molar-refractivity contribution in [2.75, 3.05) is 46.0 Å². The average Bonchev–Trinajstić information content (AvgIpc) is 3.91. The number of fused-ring (bicyclic) bond motifs is 3. The molecule has 0 bridgehead atoms. The number of imide groups is 1. The SMILES string of the molecule is C[C@@H]1O[C@@H](OCCCC(=O)CN(CC(=O)CCCCCCC(=O)NC[C@@H](NC(=O)OCC2c3ccccc3-c3ccccc32)C(=O)ON2C(=O)CCC2=O)CC(=O)CCCO[C@@H]2O[C@@H](C)[C@@H](O)[C@@H](O)[C@@H]2O)[C@@H](O)[C@H](O)[C@@H]1O. The van der Waals surface area contributed by atoms with Gasteiger partial charge in [0, 0.05) is 51.0 Å². The Kier molecular flexibility index (Phi) is 23.1. The molecule has 4 aliphatic rings. The Morgan fingerprint density at radius 3 is 1.57 bits per heavy atom. The van der Waals surface area contributed by atoms with Crippen molar-refractivity contribution in [3.63, 3.8) is 0 Å². The monoisotopic (exact) mass is 1080 g/mol. The number of rotatable bonds is 30. The molecule has 24 heteroatoms. The molecule has 2 aromatic rings. The van der Waals surface area contributed by atoms with Crippen molar-refractivity contribution in [2.24, 2.45) is 0 Å². The molecule has 77 heavy (non-hydrogen) atoms. The first-order chi connectivity index (χ1) is 36.8. The van der Waals surface area contributed by atoms with Gasteiger partial charge in [0.05, 0.1) is 45.1 Å². The van der Waals surface area contributed by atoms with Gasteiger partial charge >= 0.3 is 12.1 Å². The molecule has 0 unspecified atom stereocenters. The van der Waals surface area contributed by atoms with Crippen molar-refractivity contribution >= 4 is 47.1 Å². The molecule has 0 aromatic heterocycles. The minimum Gasteiger partial charge on any atom is -0.449 e. The van der Waals surface area contributed by atoms with E-state index in [0.717, 1.165) is 22.3 Å². The number of nitrogens with one attached hydrogen (secondary N) is 2. The normalized spacial score (nSPS) is 25.5. The number of amides is 4. The predicted octanol–water partition coefficient (Wildman–Crippen LogP) is 0.216. The highest BCUT2D eigenvalue weighted by Crippen LogP contribution is 2.44. The van der Waals surface area contributed by atoms with Crippen LogP contribution in [0.2, 0.25) is 0 Å². The van der Waals surface area contributed by atoms with E-state index in [2.05, 4.69) is 10.6 Å². The van der Waals surface area contributed by atoms with Gasteiger partial charge in [-0.1, -0.05) is 61.4 Å². The lowest BCUT2D eigenvalue weighted by molar-refractivity contribution is -0.293. The first kappa shape index (κ1) is 60.6. The Morgan fingerprint density at radius 1 is 0.623 bits per heavy atom. The van der Waals surface area contributed by atoms with Gasteiger partial charge in [-0.2, -0.15) is 0 Å². The van der Waals surface area contributed by atoms with E-state index in [9.17, 15) is 69.0 Å². The summed E-state index contributed by atoms with van der Waals surface area (Å²) < 4.78 is 27.5. The van der Waals surface area contributed by atoms with Gasteiger partial charge in [-0.15, -0.1) is 5.06 Å². The molecule has 3 fully saturated rings. The maximum absolute atomic E-state index is 13.2. The molecule has 8 N–H and O–H groups in total. The Bertz CT molecular complexity index is 2250. The maximum atomic E-state index is 13.2. The lowest BCUT2D eigenvalue weighted by atomic mass is 9.98. The van der Waals surface area contributed by atoms with Crippen LogP contribution in [0.15, 0.2) is 48.5 Å². The summed E-state index contributed by atoms with van der Waals surface area (Å²) in [7, 11) is 0. The molecule has 3 aliphatic heterocycles. The average molecular weight is 1090 g/mol. The number of Topliss-reactive ketones (excluding diaryl/α,β-unsaturated/α-hetero) is 3. The van der Waals surface area contributed by atoms with Gasteiger partial charge in [0.25, 0.3) is 11.8 Å². The van der Waals surface area contributed by atoms with Crippen LogP contribution in [0.1, 0.15) is 108 Å². The van der Waals surface area contributed by atoms with E-state index in [4.69, 9.17) is 28.5 Å². The van der Waals surface area contributed by atoms with Gasteiger partial charge in [0.15, 0.2) is 12.6 Å². The summed E-state index contributed by atoms with van der Waals surface area (Å²) in [6.07, 6.45) is -11.7. The third kappa shape index (κ3) is 17.2. The fourth-order valence-electron chi connectivity index (χ4n) is 9.45. The number of aliphatic hydroxyl groups is 6. The van der Waals surface area contributed by atoms with Crippen LogP contribution in [0.25, 0.3) is 11.1 Å². The van der Waals surface area contributed by atoms with Crippen molar-refractivity contribution < 1.29 is 97.5 Å². The fraction of sp³-hybridized carbons (Fsp3) is 0.623. The number of aliphatic hydroxyl groups excluding tert-OH is 6. The number of unbranched alkanes of at least 4 members (excludes halogenated alkanes) is 3.